The van der Waals surface area contributed by atoms with Gasteiger partial charge in [-0.3, -0.25) is 9.59 Å². The molecule has 0 spiro atoms. The monoisotopic (exact) mass is 601 g/mol. The zero-order valence-electron chi connectivity index (χ0n) is 26.6. The quantitative estimate of drug-likeness (QED) is 0.0741. The average Bonchev–Trinajstić information content (AvgIpc) is 3.09. The molecule has 45 heavy (non-hydrogen) atoms. The molecule has 0 fully saturated rings. The minimum Gasteiger partial charge on any atom is -0.497 e. The lowest BCUT2D eigenvalue weighted by Gasteiger charge is -2.17. The van der Waals surface area contributed by atoms with Crippen molar-refractivity contribution in [2.24, 2.45) is 0 Å². The number of ketones is 2. The van der Waals surface area contributed by atoms with Crippen LogP contribution < -0.4 is 14.8 Å². The number of hydrogen-bond donors (Lipinski definition) is 1. The summed E-state index contributed by atoms with van der Waals surface area (Å²) < 4.78 is 10.5. The topological polar surface area (TPSA) is 64.6 Å². The Bertz CT molecular complexity index is 1590. The van der Waals surface area contributed by atoms with Crippen molar-refractivity contribution in [2.75, 3.05) is 19.5 Å². The van der Waals surface area contributed by atoms with Crippen molar-refractivity contribution in [3.63, 3.8) is 0 Å². The maximum atomic E-state index is 13.3. The zero-order valence-corrected chi connectivity index (χ0v) is 26.6. The van der Waals surface area contributed by atoms with Crippen LogP contribution in [0.1, 0.15) is 82.9 Å². The Morgan fingerprint density at radius 3 is 1.71 bits per heavy atom. The van der Waals surface area contributed by atoms with E-state index in [1.54, 1.807) is 74.9 Å². The molecule has 1 N–H and O–H groups in total. The molecule has 4 rings (SSSR count). The summed E-state index contributed by atoms with van der Waals surface area (Å²) in [6.07, 6.45) is 15.0. The molecule has 0 aliphatic heterocycles. The van der Waals surface area contributed by atoms with Crippen LogP contribution in [0, 0.1) is 0 Å². The van der Waals surface area contributed by atoms with Crippen LogP contribution in [0.2, 0.25) is 0 Å². The van der Waals surface area contributed by atoms with Crippen LogP contribution in [-0.4, -0.2) is 25.8 Å². The Morgan fingerprint density at radius 1 is 0.622 bits per heavy atom. The number of anilines is 2. The van der Waals surface area contributed by atoms with Gasteiger partial charge in [-0.2, -0.15) is 0 Å². The first-order valence-electron chi connectivity index (χ1n) is 15.7. The van der Waals surface area contributed by atoms with Crippen molar-refractivity contribution in [1.29, 1.82) is 0 Å². The van der Waals surface area contributed by atoms with Gasteiger partial charge in [0.25, 0.3) is 0 Å². The van der Waals surface area contributed by atoms with Crippen LogP contribution >= 0.6 is 0 Å². The molecular weight excluding hydrogens is 558 g/mol. The van der Waals surface area contributed by atoms with Crippen molar-refractivity contribution < 1.29 is 19.1 Å². The number of carbonyl (C=O) groups is 2. The van der Waals surface area contributed by atoms with E-state index >= 15 is 0 Å². The highest BCUT2D eigenvalue weighted by atomic mass is 16.5. The van der Waals surface area contributed by atoms with E-state index < -0.39 is 0 Å². The Labute approximate surface area is 267 Å². The van der Waals surface area contributed by atoms with Gasteiger partial charge in [0.1, 0.15) is 11.5 Å². The van der Waals surface area contributed by atoms with Gasteiger partial charge in [0.2, 0.25) is 0 Å². The maximum absolute atomic E-state index is 13.3. The van der Waals surface area contributed by atoms with Crippen LogP contribution in [0.4, 0.5) is 11.4 Å². The fourth-order valence-corrected chi connectivity index (χ4v) is 5.18. The van der Waals surface area contributed by atoms with E-state index in [2.05, 4.69) is 24.4 Å². The van der Waals surface area contributed by atoms with Crippen LogP contribution in [-0.2, 0) is 6.42 Å². The number of para-hydroxylation sites is 1. The first-order chi connectivity index (χ1) is 22.0. The fraction of sp³-hybridized carbons (Fsp3) is 0.250. The molecule has 5 nitrogen and oxygen atoms in total. The van der Waals surface area contributed by atoms with Gasteiger partial charge in [-0.15, -0.1) is 0 Å². The van der Waals surface area contributed by atoms with Gasteiger partial charge >= 0.3 is 0 Å². The molecule has 0 saturated heterocycles. The maximum Gasteiger partial charge on any atom is 0.185 e. The minimum atomic E-state index is -0.117. The summed E-state index contributed by atoms with van der Waals surface area (Å²) >= 11 is 0. The van der Waals surface area contributed by atoms with Gasteiger partial charge < -0.3 is 14.8 Å². The number of nitrogens with one attached hydrogen (secondary N) is 1. The predicted molar refractivity (Wildman–Crippen MR) is 186 cm³/mol. The van der Waals surface area contributed by atoms with Gasteiger partial charge in [-0.05, 0) is 109 Å². The lowest BCUT2D eigenvalue weighted by atomic mass is 9.93. The van der Waals surface area contributed by atoms with Crippen molar-refractivity contribution in [3.05, 3.63) is 131 Å². The number of ether oxygens (including phenoxy) is 2. The molecule has 0 aromatic heterocycles. The largest absolute Gasteiger partial charge is 0.497 e. The van der Waals surface area contributed by atoms with E-state index in [9.17, 15) is 9.59 Å². The molecule has 0 atom stereocenters. The second kappa shape index (κ2) is 17.4. The Kier molecular flexibility index (Phi) is 12.8. The van der Waals surface area contributed by atoms with E-state index in [0.29, 0.717) is 22.6 Å². The van der Waals surface area contributed by atoms with Crippen molar-refractivity contribution in [3.8, 4) is 11.5 Å². The van der Waals surface area contributed by atoms with Crippen molar-refractivity contribution in [2.45, 2.75) is 51.9 Å². The lowest BCUT2D eigenvalue weighted by molar-refractivity contribution is 0.103. The summed E-state index contributed by atoms with van der Waals surface area (Å²) in [6, 6.07) is 28.3. The normalized spacial score (nSPS) is 11.2. The summed E-state index contributed by atoms with van der Waals surface area (Å²) in [7, 11) is 3.21. The summed E-state index contributed by atoms with van der Waals surface area (Å²) in [5.74, 6) is 1.18. The molecule has 4 aromatic carbocycles. The van der Waals surface area contributed by atoms with Gasteiger partial charge in [0.15, 0.2) is 11.6 Å². The second-order valence-corrected chi connectivity index (χ2v) is 11.0. The van der Waals surface area contributed by atoms with Crippen molar-refractivity contribution in [1.82, 2.24) is 0 Å². The summed E-state index contributed by atoms with van der Waals surface area (Å²) in [5, 5.41) is 3.53. The van der Waals surface area contributed by atoms with Crippen molar-refractivity contribution >= 4 is 35.1 Å². The third kappa shape index (κ3) is 9.80. The highest BCUT2D eigenvalue weighted by Gasteiger charge is 2.13. The summed E-state index contributed by atoms with van der Waals surface area (Å²) in [6.45, 7) is 2.23. The SMILES string of the molecule is CCCCCCCCc1ccc(Nc2ccccc2)c(/C=C/C(=O)c2ccc(OC)cc2)c1/C=C/C(=O)c1ccc(OC)cc1. The number of rotatable bonds is 17. The molecule has 0 unspecified atom stereocenters. The number of methoxy groups -OCH3 is 2. The predicted octanol–water partition coefficient (Wildman–Crippen LogP) is 10.1. The van der Waals surface area contributed by atoms with Gasteiger partial charge in [0.05, 0.1) is 14.2 Å². The highest BCUT2D eigenvalue weighted by molar-refractivity contribution is 6.09. The third-order valence-electron chi connectivity index (χ3n) is 7.78. The number of unbranched alkanes of at least 4 members (excludes halogenated alkanes) is 5. The molecule has 0 amide bonds. The van der Waals surface area contributed by atoms with E-state index in [-0.39, 0.29) is 11.6 Å². The van der Waals surface area contributed by atoms with E-state index in [1.165, 1.54) is 25.7 Å². The van der Waals surface area contributed by atoms with Crippen LogP contribution in [0.15, 0.2) is 103 Å². The molecule has 0 bridgehead atoms. The van der Waals surface area contributed by atoms with Crippen LogP contribution in [0.3, 0.4) is 0 Å². The number of hydrogen-bond acceptors (Lipinski definition) is 5. The van der Waals surface area contributed by atoms with E-state index in [1.807, 2.05) is 42.5 Å². The molecule has 0 heterocycles. The van der Waals surface area contributed by atoms with Gasteiger partial charge in [-0.1, -0.05) is 69.4 Å². The number of allylic oxidation sites excluding steroid dienone is 2. The lowest BCUT2D eigenvalue weighted by Crippen LogP contribution is -2.01. The average molecular weight is 602 g/mol. The fourth-order valence-electron chi connectivity index (χ4n) is 5.18. The van der Waals surface area contributed by atoms with Crippen LogP contribution in [0.25, 0.3) is 12.2 Å². The molecule has 0 radical (unpaired) electrons. The van der Waals surface area contributed by atoms with Gasteiger partial charge in [-0.25, -0.2) is 0 Å². The van der Waals surface area contributed by atoms with Crippen LogP contribution in [0.5, 0.6) is 11.5 Å². The van der Waals surface area contributed by atoms with Gasteiger partial charge in [0, 0.05) is 28.1 Å². The van der Waals surface area contributed by atoms with E-state index in [0.717, 1.165) is 47.3 Å². The zero-order chi connectivity index (χ0) is 31.9. The summed E-state index contributed by atoms with van der Waals surface area (Å²) in [5.41, 5.74) is 5.84. The molecule has 0 saturated carbocycles. The highest BCUT2D eigenvalue weighted by Crippen LogP contribution is 2.31. The number of benzene rings is 4. The standard InChI is InChI=1S/C40H43NO4/c1-4-5-6-7-8-10-13-30-20-27-38(41-33-14-11-9-12-15-33)37(26-29-40(43)32-18-23-35(45-3)24-19-32)36(30)25-28-39(42)31-16-21-34(44-2)22-17-31/h9,11-12,14-29,41H,4-8,10,13H2,1-3H3/b28-25+,29-26+. The Morgan fingerprint density at radius 2 is 1.16 bits per heavy atom. The first-order valence-corrected chi connectivity index (χ1v) is 15.7. The minimum absolute atomic E-state index is 0.103. The molecule has 0 aliphatic rings. The smallest absolute Gasteiger partial charge is 0.185 e. The number of carbonyl (C=O) groups excluding carboxylic acids is 2. The molecule has 5 heteroatoms. The van der Waals surface area contributed by atoms with E-state index in [4.69, 9.17) is 9.47 Å². The molecule has 232 valence electrons. The third-order valence-corrected chi connectivity index (χ3v) is 7.78. The number of aryl methyl sites for hydroxylation is 1. The Hall–Kier alpha value is -4.90. The first kappa shape index (κ1) is 33.0. The molecule has 4 aromatic rings. The summed E-state index contributed by atoms with van der Waals surface area (Å²) in [4.78, 5) is 26.5. The Balaban J connectivity index is 1.73. The second-order valence-electron chi connectivity index (χ2n) is 11.0. The molecule has 0 aliphatic carbocycles. The molecular formula is C40H43NO4.